The topological polar surface area (TPSA) is 80.8 Å². The predicted octanol–water partition coefficient (Wildman–Crippen LogP) is 3.18. The number of aldehydes is 1. The third-order valence-corrected chi connectivity index (χ3v) is 4.73. The number of ketones is 2. The largest absolute Gasteiger partial charge is 0.445 e. The summed E-state index contributed by atoms with van der Waals surface area (Å²) in [5.41, 5.74) is 0.890. The summed E-state index contributed by atoms with van der Waals surface area (Å²) in [6, 6.07) is 9.37. The van der Waals surface area contributed by atoms with Gasteiger partial charge in [-0.2, -0.15) is 0 Å². The van der Waals surface area contributed by atoms with Crippen LogP contribution in [-0.2, 0) is 25.7 Å². The van der Waals surface area contributed by atoms with Crippen LogP contribution in [-0.4, -0.2) is 41.9 Å². The average molecular weight is 373 g/mol. The number of hydrogen-bond acceptors (Lipinski definition) is 5. The Balaban J connectivity index is 1.78. The first kappa shape index (κ1) is 20.8. The molecule has 0 saturated carbocycles. The second kappa shape index (κ2) is 10.6. The molecule has 1 amide bonds. The van der Waals surface area contributed by atoms with Crippen molar-refractivity contribution in [3.05, 3.63) is 35.9 Å². The lowest BCUT2D eigenvalue weighted by molar-refractivity contribution is -0.125. The van der Waals surface area contributed by atoms with Crippen molar-refractivity contribution < 1.29 is 23.9 Å². The monoisotopic (exact) mass is 373 g/mol. The van der Waals surface area contributed by atoms with Crippen LogP contribution in [0, 0.1) is 11.8 Å². The number of carbonyl (C=O) groups excluding carboxylic acids is 4. The normalized spacial score (nSPS) is 18.0. The van der Waals surface area contributed by atoms with Crippen LogP contribution >= 0.6 is 0 Å². The first-order valence-electron chi connectivity index (χ1n) is 9.40. The molecule has 1 aliphatic heterocycles. The van der Waals surface area contributed by atoms with Crippen molar-refractivity contribution in [1.82, 2.24) is 4.90 Å². The molecular weight excluding hydrogens is 346 g/mol. The first-order chi connectivity index (χ1) is 13.0. The maximum atomic E-state index is 12.3. The molecule has 0 aliphatic carbocycles. The van der Waals surface area contributed by atoms with Crippen LogP contribution in [0.4, 0.5) is 4.79 Å². The van der Waals surface area contributed by atoms with E-state index in [0.29, 0.717) is 38.6 Å². The van der Waals surface area contributed by atoms with Gasteiger partial charge in [-0.05, 0) is 23.8 Å². The average Bonchev–Trinajstić information content (AvgIpc) is 2.65. The van der Waals surface area contributed by atoms with Gasteiger partial charge in [0.2, 0.25) is 0 Å². The molecule has 2 rings (SSSR count). The molecule has 1 saturated heterocycles. The fourth-order valence-corrected chi connectivity index (χ4v) is 3.29. The lowest BCUT2D eigenvalue weighted by Gasteiger charge is -2.31. The van der Waals surface area contributed by atoms with Gasteiger partial charge in [0.1, 0.15) is 18.7 Å². The number of ether oxygens (including phenoxy) is 1. The van der Waals surface area contributed by atoms with Crippen LogP contribution in [0.3, 0.4) is 0 Å². The van der Waals surface area contributed by atoms with Crippen molar-refractivity contribution in [2.75, 3.05) is 13.1 Å². The van der Waals surface area contributed by atoms with E-state index in [2.05, 4.69) is 0 Å². The molecule has 0 spiro atoms. The molecule has 1 aromatic rings. The molecule has 1 aliphatic rings. The van der Waals surface area contributed by atoms with Gasteiger partial charge in [0.05, 0.1) is 6.54 Å². The molecule has 6 nitrogen and oxygen atoms in total. The molecule has 1 aromatic carbocycles. The predicted molar refractivity (Wildman–Crippen MR) is 100 cm³/mol. The summed E-state index contributed by atoms with van der Waals surface area (Å²) < 4.78 is 5.30. The van der Waals surface area contributed by atoms with Gasteiger partial charge < -0.3 is 14.4 Å². The Kier molecular flexibility index (Phi) is 8.17. The van der Waals surface area contributed by atoms with E-state index in [0.717, 1.165) is 11.8 Å². The Morgan fingerprint density at radius 2 is 2.04 bits per heavy atom. The number of piperidine rings is 1. The molecule has 2 atom stereocenters. The number of amides is 1. The number of likely N-dealkylation sites (tertiary alicyclic amines) is 1. The van der Waals surface area contributed by atoms with Gasteiger partial charge in [0.15, 0.2) is 5.78 Å². The lowest BCUT2D eigenvalue weighted by Crippen LogP contribution is -2.44. The van der Waals surface area contributed by atoms with Crippen molar-refractivity contribution in [2.45, 2.75) is 45.6 Å². The zero-order valence-corrected chi connectivity index (χ0v) is 15.8. The highest BCUT2D eigenvalue weighted by molar-refractivity contribution is 5.85. The van der Waals surface area contributed by atoms with Crippen LogP contribution < -0.4 is 0 Å². The molecule has 0 radical (unpaired) electrons. The van der Waals surface area contributed by atoms with Crippen LogP contribution in [0.25, 0.3) is 0 Å². The summed E-state index contributed by atoms with van der Waals surface area (Å²) >= 11 is 0. The number of nitrogens with zero attached hydrogens (tertiary/aromatic N) is 1. The van der Waals surface area contributed by atoms with Crippen LogP contribution in [0.5, 0.6) is 0 Å². The van der Waals surface area contributed by atoms with E-state index in [1.807, 2.05) is 37.3 Å². The summed E-state index contributed by atoms with van der Waals surface area (Å²) in [5.74, 6) is 0.110. The van der Waals surface area contributed by atoms with Gasteiger partial charge in [-0.1, -0.05) is 37.3 Å². The smallest absolute Gasteiger partial charge is 0.410 e. The second-order valence-corrected chi connectivity index (χ2v) is 7.32. The summed E-state index contributed by atoms with van der Waals surface area (Å²) in [7, 11) is 0. The maximum Gasteiger partial charge on any atom is 0.410 e. The van der Waals surface area contributed by atoms with Gasteiger partial charge in [0.25, 0.3) is 0 Å². The molecule has 146 valence electrons. The van der Waals surface area contributed by atoms with E-state index in [4.69, 9.17) is 4.74 Å². The van der Waals surface area contributed by atoms with Crippen molar-refractivity contribution in [3.63, 3.8) is 0 Å². The van der Waals surface area contributed by atoms with Crippen molar-refractivity contribution >= 4 is 23.9 Å². The second-order valence-electron chi connectivity index (χ2n) is 7.32. The van der Waals surface area contributed by atoms with Crippen LogP contribution in [0.1, 0.15) is 44.6 Å². The minimum absolute atomic E-state index is 0.00955. The molecular formula is C21H27NO5. The van der Waals surface area contributed by atoms with E-state index in [9.17, 15) is 19.2 Å². The Morgan fingerprint density at radius 1 is 1.30 bits per heavy atom. The molecule has 1 heterocycles. The van der Waals surface area contributed by atoms with Crippen molar-refractivity contribution in [2.24, 2.45) is 11.8 Å². The molecule has 27 heavy (non-hydrogen) atoms. The molecule has 0 N–H and O–H groups in total. The number of Topliss-reactive ketones (excluding diaryl/α,β-unsaturated/α-hetero) is 2. The highest BCUT2D eigenvalue weighted by Crippen LogP contribution is 2.21. The number of benzene rings is 1. The fourth-order valence-electron chi connectivity index (χ4n) is 3.29. The minimum atomic E-state index is -0.497. The van der Waals surface area contributed by atoms with Crippen molar-refractivity contribution in [1.29, 1.82) is 0 Å². The zero-order chi connectivity index (χ0) is 19.6. The van der Waals surface area contributed by atoms with Gasteiger partial charge in [-0.25, -0.2) is 4.79 Å². The standard InChI is InChI=1S/C21H27NO5/c1-16(9-10-23)11-19(24)8-7-18-12-20(25)14-22(13-18)21(26)27-15-17-5-3-2-4-6-17/h2-6,10,16,18H,7-9,11-15H2,1H3/t16-,18+/m1/s1. The summed E-state index contributed by atoms with van der Waals surface area (Å²) in [6.07, 6.45) is 2.42. The van der Waals surface area contributed by atoms with Crippen LogP contribution in [0.15, 0.2) is 30.3 Å². The highest BCUT2D eigenvalue weighted by Gasteiger charge is 2.29. The first-order valence-corrected chi connectivity index (χ1v) is 9.40. The Bertz CT molecular complexity index is 658. The summed E-state index contributed by atoms with van der Waals surface area (Å²) in [4.78, 5) is 48.2. The van der Waals surface area contributed by atoms with Gasteiger partial charge in [0, 0.05) is 32.2 Å². The highest BCUT2D eigenvalue weighted by atomic mass is 16.6. The van der Waals surface area contributed by atoms with E-state index >= 15 is 0 Å². The lowest BCUT2D eigenvalue weighted by atomic mass is 9.90. The summed E-state index contributed by atoms with van der Waals surface area (Å²) in [6.45, 7) is 2.54. The Morgan fingerprint density at radius 3 is 2.74 bits per heavy atom. The molecule has 0 aromatic heterocycles. The SMILES string of the molecule is C[C@H](CC=O)CC(=O)CC[C@H]1CC(=O)CN(C(=O)OCc2ccccc2)C1. The number of carbonyl (C=O) groups is 4. The maximum absolute atomic E-state index is 12.3. The van der Waals surface area contributed by atoms with E-state index in [-0.39, 0.29) is 36.6 Å². The van der Waals surface area contributed by atoms with E-state index in [1.54, 1.807) is 0 Å². The van der Waals surface area contributed by atoms with Gasteiger partial charge in [-0.3, -0.25) is 9.59 Å². The van der Waals surface area contributed by atoms with Crippen molar-refractivity contribution in [3.8, 4) is 0 Å². The van der Waals surface area contributed by atoms with Gasteiger partial charge in [-0.15, -0.1) is 0 Å². The van der Waals surface area contributed by atoms with Crippen LogP contribution in [0.2, 0.25) is 0 Å². The van der Waals surface area contributed by atoms with E-state index < -0.39 is 6.09 Å². The third kappa shape index (κ3) is 7.33. The number of hydrogen-bond donors (Lipinski definition) is 0. The molecule has 0 unspecified atom stereocenters. The molecule has 1 fully saturated rings. The Hall–Kier alpha value is -2.50. The zero-order valence-electron chi connectivity index (χ0n) is 15.8. The fraction of sp³-hybridized carbons (Fsp3) is 0.524. The molecule has 0 bridgehead atoms. The summed E-state index contributed by atoms with van der Waals surface area (Å²) in [5, 5.41) is 0. The van der Waals surface area contributed by atoms with E-state index in [1.165, 1.54) is 4.90 Å². The Labute approximate surface area is 159 Å². The third-order valence-electron chi connectivity index (χ3n) is 4.73. The quantitative estimate of drug-likeness (QED) is 0.621. The van der Waals surface area contributed by atoms with Gasteiger partial charge >= 0.3 is 6.09 Å². The number of rotatable bonds is 9. The minimum Gasteiger partial charge on any atom is -0.445 e. The molecule has 6 heteroatoms.